The zero-order valence-corrected chi connectivity index (χ0v) is 14.1. The monoisotopic (exact) mass is 329 g/mol. The lowest BCUT2D eigenvalue weighted by Crippen LogP contribution is -2.42. The van der Waals surface area contributed by atoms with Crippen molar-refractivity contribution in [2.45, 2.75) is 50.7 Å². The summed E-state index contributed by atoms with van der Waals surface area (Å²) in [5.41, 5.74) is -0.144. The van der Waals surface area contributed by atoms with Crippen LogP contribution in [0.3, 0.4) is 0 Å². The van der Waals surface area contributed by atoms with Crippen molar-refractivity contribution in [1.82, 2.24) is 10.6 Å². The summed E-state index contributed by atoms with van der Waals surface area (Å²) in [7, 11) is -2.81. The predicted molar refractivity (Wildman–Crippen MR) is 86.8 cm³/mol. The fraction of sp³-hybridized carbons (Fsp3) is 0.933. The molecule has 0 amide bonds. The van der Waals surface area contributed by atoms with Crippen molar-refractivity contribution in [2.75, 3.05) is 31.2 Å². The third kappa shape index (κ3) is 4.59. The highest BCUT2D eigenvalue weighted by molar-refractivity contribution is 7.91. The summed E-state index contributed by atoms with van der Waals surface area (Å²) >= 11 is 0. The first-order valence-electron chi connectivity index (χ1n) is 8.33. The molecule has 0 aromatic heterocycles. The fourth-order valence-electron chi connectivity index (χ4n) is 3.06. The van der Waals surface area contributed by atoms with Crippen molar-refractivity contribution in [3.63, 3.8) is 0 Å². The molecule has 6 nitrogen and oxygen atoms in total. The summed E-state index contributed by atoms with van der Waals surface area (Å²) in [6.07, 6.45) is 5.28. The second-order valence-corrected chi connectivity index (χ2v) is 9.36. The lowest BCUT2D eigenvalue weighted by Gasteiger charge is -2.22. The zero-order valence-electron chi connectivity index (χ0n) is 13.3. The van der Waals surface area contributed by atoms with Crippen molar-refractivity contribution >= 4 is 15.8 Å². The van der Waals surface area contributed by atoms with Crippen LogP contribution in [0.1, 0.15) is 39.0 Å². The minimum absolute atomic E-state index is 0.144. The largest absolute Gasteiger partial charge is 0.373 e. The van der Waals surface area contributed by atoms with Gasteiger partial charge in [-0.3, -0.25) is 4.99 Å². The number of nitrogens with one attached hydrogen (secondary N) is 2. The van der Waals surface area contributed by atoms with Gasteiger partial charge in [-0.05, 0) is 44.9 Å². The molecule has 0 aromatic rings. The minimum atomic E-state index is -2.81. The summed E-state index contributed by atoms with van der Waals surface area (Å²) in [6.45, 7) is 4.26. The van der Waals surface area contributed by atoms with Gasteiger partial charge in [0, 0.05) is 19.2 Å². The lowest BCUT2D eigenvalue weighted by atomic mass is 10.0. The molecule has 0 aromatic carbocycles. The van der Waals surface area contributed by atoms with Crippen LogP contribution >= 0.6 is 0 Å². The average Bonchev–Trinajstić information content (AvgIpc) is 3.07. The van der Waals surface area contributed by atoms with E-state index in [2.05, 4.69) is 22.5 Å². The molecule has 0 radical (unpaired) electrons. The summed E-state index contributed by atoms with van der Waals surface area (Å²) in [6, 6.07) is 0.524. The van der Waals surface area contributed by atoms with Crippen LogP contribution in [-0.2, 0) is 14.6 Å². The summed E-state index contributed by atoms with van der Waals surface area (Å²) < 4.78 is 28.8. The Morgan fingerprint density at radius 2 is 2.18 bits per heavy atom. The van der Waals surface area contributed by atoms with Crippen molar-refractivity contribution in [1.29, 1.82) is 0 Å². The van der Waals surface area contributed by atoms with E-state index in [0.29, 0.717) is 30.6 Å². The van der Waals surface area contributed by atoms with Crippen molar-refractivity contribution < 1.29 is 13.2 Å². The van der Waals surface area contributed by atoms with Crippen LogP contribution in [-0.4, -0.2) is 57.2 Å². The smallest absolute Gasteiger partial charge is 0.191 e. The highest BCUT2D eigenvalue weighted by atomic mass is 32.2. The highest BCUT2D eigenvalue weighted by Crippen LogP contribution is 2.25. The quantitative estimate of drug-likeness (QED) is 0.573. The van der Waals surface area contributed by atoms with Gasteiger partial charge in [-0.1, -0.05) is 0 Å². The molecule has 1 aliphatic carbocycles. The third-order valence-corrected chi connectivity index (χ3v) is 6.51. The van der Waals surface area contributed by atoms with E-state index in [1.807, 2.05) is 0 Å². The van der Waals surface area contributed by atoms with E-state index in [1.165, 1.54) is 12.8 Å². The number of nitrogens with zero attached hydrogens (tertiary/aromatic N) is 1. The Balaban J connectivity index is 1.52. The minimum Gasteiger partial charge on any atom is -0.373 e. The maximum atomic E-state index is 11.5. The standard InChI is InChI=1S/C15H27N3O3S/c1-15(6-2-7-21-15)11-17-14(18-13-3-4-13)16-9-12-5-8-22(19,20)10-12/h12-13H,2-11H2,1H3,(H2,16,17,18). The van der Waals surface area contributed by atoms with E-state index in [1.54, 1.807) is 0 Å². The Bertz CT molecular complexity index is 522. The van der Waals surface area contributed by atoms with E-state index in [0.717, 1.165) is 31.8 Å². The Morgan fingerprint density at radius 1 is 1.36 bits per heavy atom. The Kier molecular flexibility index (Phi) is 4.64. The molecule has 7 heteroatoms. The fourth-order valence-corrected chi connectivity index (χ4v) is 4.92. The molecule has 2 N–H and O–H groups in total. The van der Waals surface area contributed by atoms with Crippen molar-refractivity contribution in [3.05, 3.63) is 0 Å². The van der Waals surface area contributed by atoms with Crippen LogP contribution < -0.4 is 10.6 Å². The molecule has 22 heavy (non-hydrogen) atoms. The van der Waals surface area contributed by atoms with Crippen LogP contribution in [0.2, 0.25) is 0 Å². The predicted octanol–water partition coefficient (Wildman–Crippen LogP) is 0.688. The molecule has 0 spiro atoms. The van der Waals surface area contributed by atoms with E-state index in [-0.39, 0.29) is 11.5 Å². The molecular weight excluding hydrogens is 302 g/mol. The maximum absolute atomic E-state index is 11.5. The molecule has 3 fully saturated rings. The van der Waals surface area contributed by atoms with Crippen LogP contribution in [0.15, 0.2) is 4.99 Å². The van der Waals surface area contributed by atoms with Crippen molar-refractivity contribution in [3.8, 4) is 0 Å². The highest BCUT2D eigenvalue weighted by Gasteiger charge is 2.31. The van der Waals surface area contributed by atoms with Gasteiger partial charge in [-0.25, -0.2) is 8.42 Å². The Hall–Kier alpha value is -0.820. The van der Waals surface area contributed by atoms with E-state index in [4.69, 9.17) is 4.74 Å². The van der Waals surface area contributed by atoms with Crippen LogP contribution in [0.5, 0.6) is 0 Å². The average molecular weight is 329 g/mol. The second kappa shape index (κ2) is 6.35. The third-order valence-electron chi connectivity index (χ3n) is 4.68. The van der Waals surface area contributed by atoms with Gasteiger partial charge in [-0.2, -0.15) is 0 Å². The van der Waals surface area contributed by atoms with Gasteiger partial charge >= 0.3 is 0 Å². The van der Waals surface area contributed by atoms with Gasteiger partial charge in [0.2, 0.25) is 0 Å². The first-order valence-corrected chi connectivity index (χ1v) is 10.2. The second-order valence-electron chi connectivity index (χ2n) is 7.14. The number of ether oxygens (including phenoxy) is 1. The SMILES string of the molecule is CC1(CN=C(NCC2CCS(=O)(=O)C2)NC2CC2)CCCO1. The molecule has 2 unspecified atom stereocenters. The Labute approximate surface area is 133 Å². The topological polar surface area (TPSA) is 79.8 Å². The van der Waals surface area contributed by atoms with E-state index < -0.39 is 9.84 Å². The number of hydrogen-bond donors (Lipinski definition) is 2. The summed E-state index contributed by atoms with van der Waals surface area (Å²) in [5, 5.41) is 6.74. The number of rotatable bonds is 5. The van der Waals surface area contributed by atoms with Crippen LogP contribution in [0.4, 0.5) is 0 Å². The van der Waals surface area contributed by atoms with Crippen molar-refractivity contribution in [2.24, 2.45) is 10.9 Å². The molecule has 2 saturated heterocycles. The van der Waals surface area contributed by atoms with Gasteiger partial charge < -0.3 is 15.4 Å². The van der Waals surface area contributed by atoms with Gasteiger partial charge in [-0.15, -0.1) is 0 Å². The molecule has 2 heterocycles. The first-order chi connectivity index (χ1) is 10.4. The normalized spacial score (nSPS) is 34.8. The molecule has 1 saturated carbocycles. The molecular formula is C15H27N3O3S. The van der Waals surface area contributed by atoms with Crippen LogP contribution in [0.25, 0.3) is 0 Å². The van der Waals surface area contributed by atoms with Gasteiger partial charge in [0.1, 0.15) is 0 Å². The molecule has 3 rings (SSSR count). The number of guanidine groups is 1. The molecule has 2 atom stereocenters. The molecule has 2 aliphatic heterocycles. The van der Waals surface area contributed by atoms with E-state index >= 15 is 0 Å². The van der Waals surface area contributed by atoms with Gasteiger partial charge in [0.15, 0.2) is 15.8 Å². The van der Waals surface area contributed by atoms with Gasteiger partial charge in [0.25, 0.3) is 0 Å². The first kappa shape index (κ1) is 16.1. The lowest BCUT2D eigenvalue weighted by molar-refractivity contribution is 0.0283. The molecule has 126 valence electrons. The number of aliphatic imine (C=N–C) groups is 1. The van der Waals surface area contributed by atoms with E-state index in [9.17, 15) is 8.42 Å². The molecule has 0 bridgehead atoms. The van der Waals surface area contributed by atoms with Crippen LogP contribution in [0, 0.1) is 5.92 Å². The summed E-state index contributed by atoms with van der Waals surface area (Å²) in [5.74, 6) is 1.64. The zero-order chi connectivity index (χ0) is 15.6. The summed E-state index contributed by atoms with van der Waals surface area (Å²) in [4.78, 5) is 4.67. The Morgan fingerprint density at radius 3 is 2.77 bits per heavy atom. The van der Waals surface area contributed by atoms with Gasteiger partial charge in [0.05, 0.1) is 23.7 Å². The number of sulfone groups is 1. The maximum Gasteiger partial charge on any atom is 0.191 e. The number of hydrogen-bond acceptors (Lipinski definition) is 4. The molecule has 3 aliphatic rings.